The molecule has 0 aliphatic carbocycles. The summed E-state index contributed by atoms with van der Waals surface area (Å²) < 4.78 is 0. The number of benzene rings is 2. The van der Waals surface area contributed by atoms with Crippen LogP contribution in [-0.4, -0.2) is 40.9 Å². The SMILES string of the molecule is O=C(O)c1ccc(CNCCCCN2C(=O)c3ccccc3C2=O)cc1. The van der Waals surface area contributed by atoms with Gasteiger partial charge in [0.05, 0.1) is 16.7 Å². The summed E-state index contributed by atoms with van der Waals surface area (Å²) in [6.45, 7) is 1.82. The third-order valence-corrected chi connectivity index (χ3v) is 4.39. The summed E-state index contributed by atoms with van der Waals surface area (Å²) in [6, 6.07) is 13.6. The second-order valence-corrected chi connectivity index (χ2v) is 6.19. The molecule has 2 aromatic carbocycles. The van der Waals surface area contributed by atoms with E-state index >= 15 is 0 Å². The highest BCUT2D eigenvalue weighted by Gasteiger charge is 2.34. The first-order valence-corrected chi connectivity index (χ1v) is 8.56. The molecule has 0 atom stereocenters. The van der Waals surface area contributed by atoms with Crippen LogP contribution in [0, 0.1) is 0 Å². The van der Waals surface area contributed by atoms with Gasteiger partial charge in [-0.3, -0.25) is 14.5 Å². The lowest BCUT2D eigenvalue weighted by Gasteiger charge is -2.13. The monoisotopic (exact) mass is 352 g/mol. The molecule has 0 aromatic heterocycles. The molecule has 0 spiro atoms. The van der Waals surface area contributed by atoms with Crippen molar-refractivity contribution in [1.82, 2.24) is 10.2 Å². The standard InChI is InChI=1S/C20H20N2O4/c23-18-16-5-1-2-6-17(16)19(24)22(18)12-4-3-11-21-13-14-7-9-15(10-8-14)20(25)26/h1-2,5-10,21H,3-4,11-13H2,(H,25,26). The molecule has 134 valence electrons. The molecule has 2 amide bonds. The minimum absolute atomic E-state index is 0.211. The molecule has 0 radical (unpaired) electrons. The highest BCUT2D eigenvalue weighted by atomic mass is 16.4. The quantitative estimate of drug-likeness (QED) is 0.563. The van der Waals surface area contributed by atoms with Crippen molar-refractivity contribution >= 4 is 17.8 Å². The molecule has 3 rings (SSSR count). The molecule has 2 aromatic rings. The molecule has 0 saturated heterocycles. The van der Waals surface area contributed by atoms with E-state index in [9.17, 15) is 14.4 Å². The summed E-state index contributed by atoms with van der Waals surface area (Å²) in [5.74, 6) is -1.35. The molecule has 1 aliphatic rings. The van der Waals surface area contributed by atoms with Crippen molar-refractivity contribution in [2.45, 2.75) is 19.4 Å². The summed E-state index contributed by atoms with van der Waals surface area (Å²) in [7, 11) is 0. The maximum Gasteiger partial charge on any atom is 0.335 e. The summed E-state index contributed by atoms with van der Waals surface area (Å²) in [5, 5.41) is 12.1. The molecule has 0 saturated carbocycles. The summed E-state index contributed by atoms with van der Waals surface area (Å²) in [4.78, 5) is 36.6. The smallest absolute Gasteiger partial charge is 0.335 e. The van der Waals surface area contributed by atoms with E-state index in [-0.39, 0.29) is 17.4 Å². The zero-order chi connectivity index (χ0) is 18.5. The minimum atomic E-state index is -0.933. The highest BCUT2D eigenvalue weighted by molar-refractivity contribution is 6.21. The molecule has 2 N–H and O–H groups in total. The fourth-order valence-corrected chi connectivity index (χ4v) is 2.96. The Kier molecular flexibility index (Phi) is 5.43. The number of nitrogens with zero attached hydrogens (tertiary/aromatic N) is 1. The number of carbonyl (C=O) groups excluding carboxylic acids is 2. The Labute approximate surface area is 151 Å². The van der Waals surface area contributed by atoms with Gasteiger partial charge in [-0.25, -0.2) is 4.79 Å². The molecule has 6 heteroatoms. The number of fused-ring (bicyclic) bond motifs is 1. The maximum atomic E-state index is 12.2. The van der Waals surface area contributed by atoms with E-state index in [2.05, 4.69) is 5.32 Å². The second kappa shape index (κ2) is 7.93. The Morgan fingerprint density at radius 3 is 2.12 bits per heavy atom. The van der Waals surface area contributed by atoms with Crippen LogP contribution >= 0.6 is 0 Å². The average molecular weight is 352 g/mol. The molecule has 26 heavy (non-hydrogen) atoms. The highest BCUT2D eigenvalue weighted by Crippen LogP contribution is 2.22. The van der Waals surface area contributed by atoms with Gasteiger partial charge in [0.15, 0.2) is 0 Å². The summed E-state index contributed by atoms with van der Waals surface area (Å²) in [6.07, 6.45) is 1.57. The van der Waals surface area contributed by atoms with Gasteiger partial charge in [0.2, 0.25) is 0 Å². The van der Waals surface area contributed by atoms with E-state index in [1.54, 1.807) is 48.5 Å². The lowest BCUT2D eigenvalue weighted by atomic mass is 10.1. The molecule has 0 bridgehead atoms. The van der Waals surface area contributed by atoms with Gasteiger partial charge in [-0.05, 0) is 49.2 Å². The summed E-state index contributed by atoms with van der Waals surface area (Å²) >= 11 is 0. The minimum Gasteiger partial charge on any atom is -0.478 e. The average Bonchev–Trinajstić information content (AvgIpc) is 2.90. The molecular weight excluding hydrogens is 332 g/mol. The van der Waals surface area contributed by atoms with Gasteiger partial charge in [0.25, 0.3) is 11.8 Å². The van der Waals surface area contributed by atoms with Crippen molar-refractivity contribution in [2.24, 2.45) is 0 Å². The lowest BCUT2D eigenvalue weighted by Crippen LogP contribution is -2.31. The number of hydrogen-bond donors (Lipinski definition) is 2. The van der Waals surface area contributed by atoms with E-state index in [0.717, 1.165) is 24.9 Å². The van der Waals surface area contributed by atoms with Crippen LogP contribution in [0.4, 0.5) is 0 Å². The number of imide groups is 1. The number of carboxylic acids is 1. The van der Waals surface area contributed by atoms with Crippen molar-refractivity contribution in [3.05, 3.63) is 70.8 Å². The van der Waals surface area contributed by atoms with E-state index in [1.807, 2.05) is 0 Å². The number of rotatable bonds is 8. The van der Waals surface area contributed by atoms with E-state index < -0.39 is 5.97 Å². The number of aromatic carboxylic acids is 1. The van der Waals surface area contributed by atoms with Crippen molar-refractivity contribution in [2.75, 3.05) is 13.1 Å². The lowest BCUT2D eigenvalue weighted by molar-refractivity contribution is 0.0648. The molecule has 0 unspecified atom stereocenters. The zero-order valence-corrected chi connectivity index (χ0v) is 14.3. The maximum absolute atomic E-state index is 12.2. The second-order valence-electron chi connectivity index (χ2n) is 6.19. The third kappa shape index (κ3) is 3.81. The van der Waals surface area contributed by atoms with Crippen LogP contribution < -0.4 is 5.32 Å². The number of amides is 2. The molecule has 0 fully saturated rings. The van der Waals surface area contributed by atoms with Gasteiger partial charge in [0.1, 0.15) is 0 Å². The molecular formula is C20H20N2O4. The number of unbranched alkanes of at least 4 members (excludes halogenated alkanes) is 1. The fraction of sp³-hybridized carbons (Fsp3) is 0.250. The first-order chi connectivity index (χ1) is 12.6. The van der Waals surface area contributed by atoms with Gasteiger partial charge in [0, 0.05) is 13.1 Å². The number of nitrogens with one attached hydrogen (secondary N) is 1. The van der Waals surface area contributed by atoms with Gasteiger partial charge >= 0.3 is 5.97 Å². The number of carbonyl (C=O) groups is 3. The topological polar surface area (TPSA) is 86.7 Å². The molecule has 1 heterocycles. The van der Waals surface area contributed by atoms with Gasteiger partial charge in [-0.1, -0.05) is 24.3 Å². The van der Waals surface area contributed by atoms with Crippen LogP contribution in [0.1, 0.15) is 49.5 Å². The number of hydrogen-bond acceptors (Lipinski definition) is 4. The van der Waals surface area contributed by atoms with Crippen LogP contribution in [0.5, 0.6) is 0 Å². The normalized spacial score (nSPS) is 13.2. The van der Waals surface area contributed by atoms with Gasteiger partial charge in [-0.2, -0.15) is 0 Å². The fourth-order valence-electron chi connectivity index (χ4n) is 2.96. The van der Waals surface area contributed by atoms with Crippen molar-refractivity contribution in [3.8, 4) is 0 Å². The first kappa shape index (κ1) is 17.8. The van der Waals surface area contributed by atoms with Gasteiger partial charge in [-0.15, -0.1) is 0 Å². The largest absolute Gasteiger partial charge is 0.478 e. The van der Waals surface area contributed by atoms with Crippen LogP contribution in [0.2, 0.25) is 0 Å². The Hall–Kier alpha value is -2.99. The molecule has 1 aliphatic heterocycles. The van der Waals surface area contributed by atoms with Crippen LogP contribution in [0.3, 0.4) is 0 Å². The summed E-state index contributed by atoms with van der Waals surface area (Å²) in [5.41, 5.74) is 2.26. The Balaban J connectivity index is 1.38. The molecule has 6 nitrogen and oxygen atoms in total. The Bertz CT molecular complexity index is 795. The van der Waals surface area contributed by atoms with E-state index in [1.165, 1.54) is 4.90 Å². The first-order valence-electron chi connectivity index (χ1n) is 8.56. The van der Waals surface area contributed by atoms with Crippen LogP contribution in [0.15, 0.2) is 48.5 Å². The van der Waals surface area contributed by atoms with E-state index in [4.69, 9.17) is 5.11 Å². The van der Waals surface area contributed by atoms with Crippen LogP contribution in [0.25, 0.3) is 0 Å². The van der Waals surface area contributed by atoms with Crippen molar-refractivity contribution in [3.63, 3.8) is 0 Å². The predicted octanol–water partition coefficient (Wildman–Crippen LogP) is 2.55. The Morgan fingerprint density at radius 2 is 1.54 bits per heavy atom. The van der Waals surface area contributed by atoms with Crippen LogP contribution in [-0.2, 0) is 6.54 Å². The van der Waals surface area contributed by atoms with Crippen molar-refractivity contribution < 1.29 is 19.5 Å². The van der Waals surface area contributed by atoms with Crippen molar-refractivity contribution in [1.29, 1.82) is 0 Å². The Morgan fingerprint density at radius 1 is 0.923 bits per heavy atom. The van der Waals surface area contributed by atoms with Gasteiger partial charge < -0.3 is 10.4 Å². The predicted molar refractivity (Wildman–Crippen MR) is 96.2 cm³/mol. The third-order valence-electron chi connectivity index (χ3n) is 4.39. The number of carboxylic acid groups (broad SMARTS) is 1. The van der Waals surface area contributed by atoms with E-state index in [0.29, 0.717) is 24.2 Å². The zero-order valence-electron chi connectivity index (χ0n) is 14.3.